The molecule has 0 amide bonds. The first kappa shape index (κ1) is 20.0. The van der Waals surface area contributed by atoms with Gasteiger partial charge in [0.25, 0.3) is 0 Å². The molecular formula is C16H34O3P+. The maximum atomic E-state index is 11.7. The fourth-order valence-corrected chi connectivity index (χ4v) is 2.91. The maximum absolute atomic E-state index is 11.7. The number of unbranched alkanes of at least 4 members (excludes halogenated alkanes) is 2. The molecule has 0 saturated heterocycles. The van der Waals surface area contributed by atoms with Crippen LogP contribution in [0.1, 0.15) is 79.1 Å². The molecule has 0 aromatic rings. The lowest BCUT2D eigenvalue weighted by molar-refractivity contribution is 0.167. The number of rotatable bonds is 14. The molecule has 20 heavy (non-hydrogen) atoms. The Kier molecular flexibility index (Phi) is 14.0. The van der Waals surface area contributed by atoms with Crippen molar-refractivity contribution < 1.29 is 13.6 Å². The molecule has 0 fully saturated rings. The van der Waals surface area contributed by atoms with Gasteiger partial charge in [-0.1, -0.05) is 66.2 Å². The molecule has 4 heteroatoms. The predicted octanol–water partition coefficient (Wildman–Crippen LogP) is 6.11. The van der Waals surface area contributed by atoms with E-state index in [1.54, 1.807) is 0 Å². The second-order valence-corrected chi connectivity index (χ2v) is 6.61. The van der Waals surface area contributed by atoms with Crippen LogP contribution in [0.4, 0.5) is 0 Å². The third kappa shape index (κ3) is 10.8. The minimum absolute atomic E-state index is 0.513. The van der Waals surface area contributed by atoms with Gasteiger partial charge >= 0.3 is 8.25 Å². The van der Waals surface area contributed by atoms with E-state index in [4.69, 9.17) is 9.05 Å². The zero-order valence-corrected chi connectivity index (χ0v) is 14.8. The largest absolute Gasteiger partial charge is 0.697 e. The van der Waals surface area contributed by atoms with Crippen LogP contribution < -0.4 is 0 Å². The molecule has 0 radical (unpaired) electrons. The SMILES string of the molecule is CCCC[C@@H](CC)CO[P+](=O)OC[C@@H](CC)CCCC. The van der Waals surface area contributed by atoms with Gasteiger partial charge < -0.3 is 0 Å². The van der Waals surface area contributed by atoms with Crippen LogP contribution in [-0.2, 0) is 13.6 Å². The molecule has 0 bridgehead atoms. The van der Waals surface area contributed by atoms with Crippen LogP contribution in [0.15, 0.2) is 0 Å². The molecular weight excluding hydrogens is 271 g/mol. The Morgan fingerprint density at radius 2 is 1.20 bits per heavy atom. The highest BCUT2D eigenvalue weighted by Crippen LogP contribution is 2.28. The van der Waals surface area contributed by atoms with E-state index in [2.05, 4.69) is 27.7 Å². The van der Waals surface area contributed by atoms with E-state index < -0.39 is 8.25 Å². The summed E-state index contributed by atoms with van der Waals surface area (Å²) in [5.74, 6) is 1.03. The van der Waals surface area contributed by atoms with Crippen LogP contribution in [0.3, 0.4) is 0 Å². The van der Waals surface area contributed by atoms with Crippen molar-refractivity contribution in [2.45, 2.75) is 79.1 Å². The molecule has 0 spiro atoms. The molecule has 0 N–H and O–H groups in total. The molecule has 0 heterocycles. The monoisotopic (exact) mass is 305 g/mol. The van der Waals surface area contributed by atoms with Crippen molar-refractivity contribution in [2.24, 2.45) is 11.8 Å². The molecule has 1 unspecified atom stereocenters. The minimum Gasteiger partial charge on any atom is -0.119 e. The van der Waals surface area contributed by atoms with Gasteiger partial charge in [-0.05, 0) is 24.7 Å². The average Bonchev–Trinajstić information content (AvgIpc) is 2.47. The van der Waals surface area contributed by atoms with Gasteiger partial charge in [-0.25, -0.2) is 0 Å². The van der Waals surface area contributed by atoms with Gasteiger partial charge in [-0.2, -0.15) is 0 Å². The minimum atomic E-state index is -1.94. The number of hydrogen-bond acceptors (Lipinski definition) is 3. The first-order valence-corrected chi connectivity index (χ1v) is 9.50. The summed E-state index contributed by atoms with van der Waals surface area (Å²) in [6.07, 6.45) is 9.31. The van der Waals surface area contributed by atoms with Crippen LogP contribution >= 0.6 is 8.25 Å². The third-order valence-corrected chi connectivity index (χ3v) is 4.64. The van der Waals surface area contributed by atoms with Gasteiger partial charge in [0, 0.05) is 4.57 Å². The van der Waals surface area contributed by atoms with E-state index in [0.29, 0.717) is 25.0 Å². The average molecular weight is 305 g/mol. The van der Waals surface area contributed by atoms with Gasteiger partial charge in [0.1, 0.15) is 13.2 Å². The summed E-state index contributed by atoms with van der Waals surface area (Å²) in [7, 11) is -1.94. The van der Waals surface area contributed by atoms with E-state index in [1.807, 2.05) is 0 Å². The lowest BCUT2D eigenvalue weighted by Crippen LogP contribution is -2.08. The summed E-state index contributed by atoms with van der Waals surface area (Å²) >= 11 is 0. The standard InChI is InChI=1S/C16H34O3P/c1-5-9-11-15(7-3)13-18-20(17)19-14-16(8-4)12-10-6-2/h15-16H,5-14H2,1-4H3/q+1/t15-,16+. The zero-order valence-electron chi connectivity index (χ0n) is 13.9. The van der Waals surface area contributed by atoms with Gasteiger partial charge in [-0.15, -0.1) is 9.05 Å². The van der Waals surface area contributed by atoms with E-state index in [9.17, 15) is 4.57 Å². The first-order valence-electron chi connectivity index (χ1n) is 8.40. The summed E-state index contributed by atoms with van der Waals surface area (Å²) in [6, 6.07) is 0. The van der Waals surface area contributed by atoms with Gasteiger partial charge in [0.15, 0.2) is 0 Å². The van der Waals surface area contributed by atoms with E-state index in [1.165, 1.54) is 25.7 Å². The summed E-state index contributed by atoms with van der Waals surface area (Å²) in [6.45, 7) is 9.84. The summed E-state index contributed by atoms with van der Waals surface area (Å²) in [4.78, 5) is 0. The quantitative estimate of drug-likeness (QED) is 0.363. The van der Waals surface area contributed by atoms with Crippen molar-refractivity contribution in [3.63, 3.8) is 0 Å². The Labute approximate surface area is 126 Å². The molecule has 120 valence electrons. The summed E-state index contributed by atoms with van der Waals surface area (Å²) in [5.41, 5.74) is 0. The van der Waals surface area contributed by atoms with Crippen molar-refractivity contribution in [1.82, 2.24) is 0 Å². The summed E-state index contributed by atoms with van der Waals surface area (Å²) < 4.78 is 22.5. The van der Waals surface area contributed by atoms with Crippen LogP contribution in [0, 0.1) is 11.8 Å². The van der Waals surface area contributed by atoms with E-state index in [0.717, 1.165) is 25.7 Å². The molecule has 0 aliphatic heterocycles. The Balaban J connectivity index is 3.80. The Hall–Kier alpha value is 0.0200. The van der Waals surface area contributed by atoms with Crippen molar-refractivity contribution in [1.29, 1.82) is 0 Å². The molecule has 0 aliphatic carbocycles. The van der Waals surface area contributed by atoms with Gasteiger partial charge in [0.05, 0.1) is 0 Å². The second kappa shape index (κ2) is 14.0. The van der Waals surface area contributed by atoms with Crippen LogP contribution in [-0.4, -0.2) is 13.2 Å². The van der Waals surface area contributed by atoms with Crippen molar-refractivity contribution in [2.75, 3.05) is 13.2 Å². The van der Waals surface area contributed by atoms with Crippen molar-refractivity contribution in [3.8, 4) is 0 Å². The Morgan fingerprint density at radius 3 is 1.50 bits per heavy atom. The van der Waals surface area contributed by atoms with Crippen LogP contribution in [0.2, 0.25) is 0 Å². The highest BCUT2D eigenvalue weighted by Gasteiger charge is 2.24. The fourth-order valence-electron chi connectivity index (χ4n) is 2.17. The molecule has 0 aromatic carbocycles. The molecule has 3 nitrogen and oxygen atoms in total. The third-order valence-electron chi connectivity index (χ3n) is 3.92. The first-order chi connectivity index (χ1) is 9.67. The lowest BCUT2D eigenvalue weighted by Gasteiger charge is -2.11. The molecule has 0 rings (SSSR count). The smallest absolute Gasteiger partial charge is 0.119 e. The Bertz CT molecular complexity index is 212. The molecule has 0 saturated carbocycles. The Morgan fingerprint density at radius 1 is 0.800 bits per heavy atom. The van der Waals surface area contributed by atoms with Gasteiger partial charge in [0.2, 0.25) is 0 Å². The maximum Gasteiger partial charge on any atom is 0.697 e. The molecule has 0 aromatic heterocycles. The van der Waals surface area contributed by atoms with Crippen LogP contribution in [0.25, 0.3) is 0 Å². The zero-order chi connectivity index (χ0) is 15.2. The van der Waals surface area contributed by atoms with E-state index in [-0.39, 0.29) is 0 Å². The fraction of sp³-hybridized carbons (Fsp3) is 1.00. The lowest BCUT2D eigenvalue weighted by atomic mass is 10.0. The van der Waals surface area contributed by atoms with Crippen molar-refractivity contribution >= 4 is 8.25 Å². The van der Waals surface area contributed by atoms with Crippen LogP contribution in [0.5, 0.6) is 0 Å². The molecule has 0 aliphatic rings. The number of hydrogen-bond donors (Lipinski definition) is 0. The topological polar surface area (TPSA) is 35.5 Å². The second-order valence-electron chi connectivity index (χ2n) is 5.65. The summed E-state index contributed by atoms with van der Waals surface area (Å²) in [5, 5.41) is 0. The predicted molar refractivity (Wildman–Crippen MR) is 86.1 cm³/mol. The normalized spacial score (nSPS) is 15.1. The van der Waals surface area contributed by atoms with Crippen molar-refractivity contribution in [3.05, 3.63) is 0 Å². The molecule has 3 atom stereocenters. The van der Waals surface area contributed by atoms with Gasteiger partial charge in [-0.3, -0.25) is 0 Å². The van der Waals surface area contributed by atoms with E-state index >= 15 is 0 Å². The highest BCUT2D eigenvalue weighted by molar-refractivity contribution is 7.33. The highest BCUT2D eigenvalue weighted by atomic mass is 31.1.